The van der Waals surface area contributed by atoms with E-state index in [4.69, 9.17) is 16.3 Å². The van der Waals surface area contributed by atoms with Crippen LogP contribution in [0.5, 0.6) is 5.75 Å². The van der Waals surface area contributed by atoms with Crippen molar-refractivity contribution in [2.75, 3.05) is 31.0 Å². The van der Waals surface area contributed by atoms with Crippen LogP contribution >= 0.6 is 11.6 Å². The number of hydrogen-bond donors (Lipinski definition) is 1. The monoisotopic (exact) mass is 571 g/mol. The topological polar surface area (TPSA) is 96.0 Å². The zero-order chi connectivity index (χ0) is 28.4. The first-order valence-electron chi connectivity index (χ1n) is 12.7. The second-order valence-corrected chi connectivity index (χ2v) is 11.2. The second kappa shape index (κ2) is 14.0. The summed E-state index contributed by atoms with van der Waals surface area (Å²) in [6, 6.07) is 21.1. The number of carbonyl (C=O) groups is 2. The number of halogens is 1. The van der Waals surface area contributed by atoms with Crippen molar-refractivity contribution in [1.29, 1.82) is 0 Å². The summed E-state index contributed by atoms with van der Waals surface area (Å²) in [6.07, 6.45) is 1.23. The van der Waals surface area contributed by atoms with E-state index in [0.29, 0.717) is 13.0 Å². The Labute approximate surface area is 235 Å². The summed E-state index contributed by atoms with van der Waals surface area (Å²) in [4.78, 5) is 28.2. The highest BCUT2D eigenvalue weighted by Crippen LogP contribution is 2.35. The zero-order valence-electron chi connectivity index (χ0n) is 22.3. The molecule has 208 valence electrons. The molecule has 8 nitrogen and oxygen atoms in total. The Morgan fingerprint density at radius 2 is 1.64 bits per heavy atom. The van der Waals surface area contributed by atoms with Crippen LogP contribution in [0.3, 0.4) is 0 Å². The Bertz CT molecular complexity index is 1350. The maximum Gasteiger partial charge on any atom is 0.264 e. The lowest BCUT2D eigenvalue weighted by atomic mass is 10.1. The van der Waals surface area contributed by atoms with Crippen LogP contribution in [0.25, 0.3) is 0 Å². The molecule has 0 fully saturated rings. The molecular weight excluding hydrogens is 538 g/mol. The highest BCUT2D eigenvalue weighted by atomic mass is 35.5. The molecule has 1 atom stereocenters. The molecule has 39 heavy (non-hydrogen) atoms. The quantitative estimate of drug-likeness (QED) is 0.325. The molecule has 0 saturated heterocycles. The molecule has 0 aliphatic heterocycles. The van der Waals surface area contributed by atoms with Gasteiger partial charge in [0, 0.05) is 18.1 Å². The molecule has 0 aliphatic rings. The molecule has 3 aromatic rings. The first-order valence-corrected chi connectivity index (χ1v) is 14.5. The minimum Gasteiger partial charge on any atom is -0.495 e. The van der Waals surface area contributed by atoms with Gasteiger partial charge < -0.3 is 15.0 Å². The third-order valence-corrected chi connectivity index (χ3v) is 8.23. The Hall–Kier alpha value is -3.56. The van der Waals surface area contributed by atoms with Crippen molar-refractivity contribution in [2.24, 2.45) is 0 Å². The van der Waals surface area contributed by atoms with Gasteiger partial charge in [0.1, 0.15) is 18.3 Å². The number of nitrogens with zero attached hydrogens (tertiary/aromatic N) is 2. The Morgan fingerprint density at radius 3 is 2.26 bits per heavy atom. The highest BCUT2D eigenvalue weighted by Gasteiger charge is 2.33. The smallest absolute Gasteiger partial charge is 0.264 e. The van der Waals surface area contributed by atoms with E-state index < -0.39 is 28.5 Å². The summed E-state index contributed by atoms with van der Waals surface area (Å²) < 4.78 is 34.2. The Balaban J connectivity index is 2.02. The minimum absolute atomic E-state index is 0.00408. The molecule has 1 N–H and O–H groups in total. The predicted octanol–water partition coefficient (Wildman–Crippen LogP) is 4.53. The molecule has 0 bridgehead atoms. The summed E-state index contributed by atoms with van der Waals surface area (Å²) in [5, 5.41) is 3.11. The number of sulfonamides is 1. The molecule has 3 aromatic carbocycles. The van der Waals surface area contributed by atoms with E-state index in [1.54, 1.807) is 37.3 Å². The molecular formula is C29H34ClN3O5S. The van der Waals surface area contributed by atoms with Crippen molar-refractivity contribution in [3.05, 3.63) is 89.4 Å². The van der Waals surface area contributed by atoms with E-state index in [9.17, 15) is 18.0 Å². The van der Waals surface area contributed by atoms with E-state index in [1.165, 1.54) is 30.2 Å². The molecule has 0 heterocycles. The normalized spacial score (nSPS) is 11.9. The molecule has 10 heteroatoms. The fraction of sp³-hybridized carbons (Fsp3) is 0.310. The molecule has 3 rings (SSSR count). The van der Waals surface area contributed by atoms with Gasteiger partial charge in [-0.2, -0.15) is 0 Å². The van der Waals surface area contributed by atoms with Crippen molar-refractivity contribution < 1.29 is 22.7 Å². The average molecular weight is 572 g/mol. The number of benzene rings is 3. The SMILES string of the molecule is CCCNC(=O)C(C)N(CCc1ccccc1)C(=O)CN(c1cc(Cl)ccc1OC)S(=O)(=O)c1ccccc1. The summed E-state index contributed by atoms with van der Waals surface area (Å²) in [5.41, 5.74) is 1.11. The molecule has 0 aromatic heterocycles. The lowest BCUT2D eigenvalue weighted by molar-refractivity contribution is -0.138. The van der Waals surface area contributed by atoms with Crippen LogP contribution in [-0.2, 0) is 26.0 Å². The summed E-state index contributed by atoms with van der Waals surface area (Å²) >= 11 is 6.25. The summed E-state index contributed by atoms with van der Waals surface area (Å²) in [5.74, 6) is -0.612. The lowest BCUT2D eigenvalue weighted by Crippen LogP contribution is -2.52. The van der Waals surface area contributed by atoms with Crippen molar-refractivity contribution in [1.82, 2.24) is 10.2 Å². The van der Waals surface area contributed by atoms with Crippen molar-refractivity contribution in [2.45, 2.75) is 37.6 Å². The van der Waals surface area contributed by atoms with Gasteiger partial charge in [0.25, 0.3) is 10.0 Å². The number of hydrogen-bond acceptors (Lipinski definition) is 5. The number of anilines is 1. The van der Waals surface area contributed by atoms with E-state index >= 15 is 0 Å². The zero-order valence-corrected chi connectivity index (χ0v) is 23.9. The van der Waals surface area contributed by atoms with Crippen LogP contribution in [0, 0.1) is 0 Å². The maximum absolute atomic E-state index is 13.9. The predicted molar refractivity (Wildman–Crippen MR) is 154 cm³/mol. The van der Waals surface area contributed by atoms with Crippen molar-refractivity contribution in [3.63, 3.8) is 0 Å². The number of ether oxygens (including phenoxy) is 1. The first kappa shape index (κ1) is 30.0. The number of methoxy groups -OCH3 is 1. The largest absolute Gasteiger partial charge is 0.495 e. The number of carbonyl (C=O) groups excluding carboxylic acids is 2. The van der Waals surface area contributed by atoms with E-state index in [0.717, 1.165) is 16.3 Å². The van der Waals surface area contributed by atoms with Crippen LogP contribution in [0.2, 0.25) is 5.02 Å². The maximum atomic E-state index is 13.9. The second-order valence-electron chi connectivity index (χ2n) is 8.93. The van der Waals surface area contributed by atoms with Crippen LogP contribution in [0.15, 0.2) is 83.8 Å². The van der Waals surface area contributed by atoms with Gasteiger partial charge in [0.05, 0.1) is 17.7 Å². The summed E-state index contributed by atoms with van der Waals surface area (Å²) in [6.45, 7) is 3.71. The first-order chi connectivity index (χ1) is 18.7. The van der Waals surface area contributed by atoms with Crippen LogP contribution in [0.1, 0.15) is 25.8 Å². The molecule has 2 amide bonds. The average Bonchev–Trinajstić information content (AvgIpc) is 2.95. The van der Waals surface area contributed by atoms with E-state index in [2.05, 4.69) is 5.32 Å². The van der Waals surface area contributed by atoms with Crippen LogP contribution in [0.4, 0.5) is 5.69 Å². The third kappa shape index (κ3) is 7.74. The highest BCUT2D eigenvalue weighted by molar-refractivity contribution is 7.92. The van der Waals surface area contributed by atoms with Crippen molar-refractivity contribution in [3.8, 4) is 5.75 Å². The van der Waals surface area contributed by atoms with E-state index in [-0.39, 0.29) is 33.8 Å². The molecule has 1 unspecified atom stereocenters. The van der Waals surface area contributed by atoms with Crippen LogP contribution < -0.4 is 14.4 Å². The van der Waals surface area contributed by atoms with Gasteiger partial charge in [0.2, 0.25) is 11.8 Å². The summed E-state index contributed by atoms with van der Waals surface area (Å²) in [7, 11) is -2.80. The van der Waals surface area contributed by atoms with Gasteiger partial charge in [-0.1, -0.05) is 67.1 Å². The van der Waals surface area contributed by atoms with Gasteiger partial charge in [-0.3, -0.25) is 13.9 Å². The van der Waals surface area contributed by atoms with Gasteiger partial charge in [0.15, 0.2) is 0 Å². The molecule has 0 radical (unpaired) electrons. The fourth-order valence-electron chi connectivity index (χ4n) is 4.06. The molecule has 0 aliphatic carbocycles. The standard InChI is InChI=1S/C29H34ClN3O5S/c1-4-18-31-29(35)22(2)32(19-17-23-11-7-5-8-12-23)28(34)21-33(26-20-24(30)15-16-27(26)38-3)39(36,37)25-13-9-6-10-14-25/h5-16,20,22H,4,17-19,21H2,1-3H3,(H,31,35). The number of amides is 2. The Morgan fingerprint density at radius 1 is 1.00 bits per heavy atom. The van der Waals surface area contributed by atoms with Gasteiger partial charge in [-0.25, -0.2) is 8.42 Å². The van der Waals surface area contributed by atoms with Gasteiger partial charge >= 0.3 is 0 Å². The molecule has 0 saturated carbocycles. The fourth-order valence-corrected chi connectivity index (χ4v) is 5.66. The lowest BCUT2D eigenvalue weighted by Gasteiger charge is -2.32. The Kier molecular flexibility index (Phi) is 10.8. The van der Waals surface area contributed by atoms with Gasteiger partial charge in [-0.05, 0) is 55.7 Å². The van der Waals surface area contributed by atoms with Crippen LogP contribution in [-0.4, -0.2) is 57.9 Å². The minimum atomic E-state index is -4.21. The number of rotatable bonds is 13. The number of nitrogens with one attached hydrogen (secondary N) is 1. The molecule has 0 spiro atoms. The van der Waals surface area contributed by atoms with Crippen molar-refractivity contribution >= 4 is 39.1 Å². The third-order valence-electron chi connectivity index (χ3n) is 6.22. The van der Waals surface area contributed by atoms with Gasteiger partial charge in [-0.15, -0.1) is 0 Å². The van der Waals surface area contributed by atoms with E-state index in [1.807, 2.05) is 37.3 Å².